The summed E-state index contributed by atoms with van der Waals surface area (Å²) in [5, 5.41) is 12.2. The zero-order valence-corrected chi connectivity index (χ0v) is 11.8. The van der Waals surface area contributed by atoms with Crippen LogP contribution in [0.25, 0.3) is 0 Å². The maximum absolute atomic E-state index is 8.84. The van der Waals surface area contributed by atoms with Gasteiger partial charge in [0.05, 0.1) is 11.6 Å². The van der Waals surface area contributed by atoms with Gasteiger partial charge in [-0.1, -0.05) is 6.07 Å². The molecule has 0 radical (unpaired) electrons. The highest BCUT2D eigenvalue weighted by Gasteiger charge is 2.12. The number of benzene rings is 1. The molecular formula is C15H23N3. The molecule has 0 fully saturated rings. The Bertz CT molecular complexity index is 396. The van der Waals surface area contributed by atoms with Gasteiger partial charge >= 0.3 is 0 Å². The lowest BCUT2D eigenvalue weighted by atomic mass is 10.2. The third kappa shape index (κ3) is 4.38. The van der Waals surface area contributed by atoms with Crippen LogP contribution in [0, 0.1) is 11.3 Å². The maximum Gasteiger partial charge on any atom is 0.0992 e. The molecule has 0 aromatic heterocycles. The summed E-state index contributed by atoms with van der Waals surface area (Å²) in [6, 6.07) is 10.9. The molecule has 3 heteroatoms. The van der Waals surface area contributed by atoms with Crippen molar-refractivity contribution < 1.29 is 0 Å². The molecule has 0 aliphatic heterocycles. The van der Waals surface area contributed by atoms with E-state index < -0.39 is 0 Å². The highest BCUT2D eigenvalue weighted by Crippen LogP contribution is 2.10. The number of nitriles is 1. The fourth-order valence-corrected chi connectivity index (χ4v) is 2.14. The lowest BCUT2D eigenvalue weighted by Gasteiger charge is -2.30. The molecule has 98 valence electrons. The topological polar surface area (TPSA) is 39.1 Å². The fourth-order valence-electron chi connectivity index (χ4n) is 2.14. The molecule has 0 aliphatic rings. The third-order valence-electron chi connectivity index (χ3n) is 3.02. The van der Waals surface area contributed by atoms with Crippen LogP contribution in [0.2, 0.25) is 0 Å². The van der Waals surface area contributed by atoms with E-state index in [1.54, 1.807) is 0 Å². The van der Waals surface area contributed by atoms with Gasteiger partial charge in [0.1, 0.15) is 0 Å². The Labute approximate surface area is 110 Å². The van der Waals surface area contributed by atoms with Crippen molar-refractivity contribution in [1.82, 2.24) is 4.90 Å². The largest absolute Gasteiger partial charge is 0.384 e. The van der Waals surface area contributed by atoms with E-state index in [0.29, 0.717) is 17.6 Å². The van der Waals surface area contributed by atoms with Crippen molar-refractivity contribution in [3.05, 3.63) is 29.8 Å². The molecular weight excluding hydrogens is 222 g/mol. The van der Waals surface area contributed by atoms with Crippen LogP contribution < -0.4 is 5.32 Å². The maximum atomic E-state index is 8.84. The molecule has 0 saturated carbocycles. The number of nitrogens with one attached hydrogen (secondary N) is 1. The van der Waals surface area contributed by atoms with Gasteiger partial charge in [-0.15, -0.1) is 0 Å². The lowest BCUT2D eigenvalue weighted by Crippen LogP contribution is -2.40. The lowest BCUT2D eigenvalue weighted by molar-refractivity contribution is 0.182. The minimum Gasteiger partial charge on any atom is -0.384 e. The minimum absolute atomic E-state index is 0.553. The highest BCUT2D eigenvalue weighted by atomic mass is 15.2. The van der Waals surface area contributed by atoms with Crippen molar-refractivity contribution in [2.24, 2.45) is 0 Å². The number of anilines is 1. The van der Waals surface area contributed by atoms with Crippen molar-refractivity contribution in [2.45, 2.75) is 39.8 Å². The van der Waals surface area contributed by atoms with E-state index in [1.807, 2.05) is 24.3 Å². The quantitative estimate of drug-likeness (QED) is 0.837. The van der Waals surface area contributed by atoms with Crippen LogP contribution in [0.5, 0.6) is 0 Å². The van der Waals surface area contributed by atoms with Gasteiger partial charge in [0.2, 0.25) is 0 Å². The molecule has 1 aromatic rings. The summed E-state index contributed by atoms with van der Waals surface area (Å²) in [5.41, 5.74) is 1.71. The molecule has 0 heterocycles. The van der Waals surface area contributed by atoms with E-state index in [9.17, 15) is 0 Å². The van der Waals surface area contributed by atoms with Crippen molar-refractivity contribution in [3.63, 3.8) is 0 Å². The molecule has 3 nitrogen and oxygen atoms in total. The average molecular weight is 245 g/mol. The van der Waals surface area contributed by atoms with Crippen LogP contribution in [0.3, 0.4) is 0 Å². The van der Waals surface area contributed by atoms with E-state index in [1.165, 1.54) is 0 Å². The van der Waals surface area contributed by atoms with E-state index in [0.717, 1.165) is 18.8 Å². The first-order valence-electron chi connectivity index (χ1n) is 6.54. The van der Waals surface area contributed by atoms with Gasteiger partial charge < -0.3 is 5.32 Å². The first-order chi connectivity index (χ1) is 8.54. The van der Waals surface area contributed by atoms with Crippen LogP contribution >= 0.6 is 0 Å². The van der Waals surface area contributed by atoms with Gasteiger partial charge in [-0.05, 0) is 45.9 Å². The number of rotatable bonds is 6. The zero-order chi connectivity index (χ0) is 13.5. The molecule has 1 rings (SSSR count). The van der Waals surface area contributed by atoms with Gasteiger partial charge in [0, 0.05) is 30.9 Å². The summed E-state index contributed by atoms with van der Waals surface area (Å²) in [5.74, 6) is 0. The van der Waals surface area contributed by atoms with Gasteiger partial charge in [0.25, 0.3) is 0 Å². The predicted octanol–water partition coefficient (Wildman–Crippen LogP) is 3.09. The van der Waals surface area contributed by atoms with E-state index in [4.69, 9.17) is 5.26 Å². The zero-order valence-electron chi connectivity index (χ0n) is 11.8. The van der Waals surface area contributed by atoms with Crippen LogP contribution in [-0.4, -0.2) is 30.1 Å². The Morgan fingerprint density at radius 3 is 2.44 bits per heavy atom. The van der Waals surface area contributed by atoms with E-state index in [2.05, 4.69) is 44.0 Å². The molecule has 0 unspecified atom stereocenters. The Morgan fingerprint density at radius 1 is 1.22 bits per heavy atom. The van der Waals surface area contributed by atoms with E-state index in [-0.39, 0.29) is 0 Å². The predicted molar refractivity (Wildman–Crippen MR) is 76.6 cm³/mol. The van der Waals surface area contributed by atoms with Gasteiger partial charge in [-0.2, -0.15) is 5.26 Å². The molecule has 0 spiro atoms. The Hall–Kier alpha value is -1.53. The SMILES string of the molecule is CC(C)N(CCNc1cccc(C#N)c1)C(C)C. The first kappa shape index (κ1) is 14.5. The fraction of sp³-hybridized carbons (Fsp3) is 0.533. The Balaban J connectivity index is 2.48. The molecule has 0 aliphatic carbocycles. The Morgan fingerprint density at radius 2 is 1.89 bits per heavy atom. The van der Waals surface area contributed by atoms with Crippen molar-refractivity contribution in [3.8, 4) is 6.07 Å². The highest BCUT2D eigenvalue weighted by molar-refractivity contribution is 5.49. The molecule has 18 heavy (non-hydrogen) atoms. The minimum atomic E-state index is 0.553. The van der Waals surface area contributed by atoms with Crippen LogP contribution in [-0.2, 0) is 0 Å². The molecule has 1 aromatic carbocycles. The number of hydrogen-bond donors (Lipinski definition) is 1. The molecule has 0 saturated heterocycles. The van der Waals surface area contributed by atoms with Crippen molar-refractivity contribution >= 4 is 5.69 Å². The Kier molecular flexibility index (Phi) is 5.67. The van der Waals surface area contributed by atoms with E-state index >= 15 is 0 Å². The van der Waals surface area contributed by atoms with Crippen molar-refractivity contribution in [2.75, 3.05) is 18.4 Å². The number of hydrogen-bond acceptors (Lipinski definition) is 3. The number of nitrogens with zero attached hydrogens (tertiary/aromatic N) is 2. The van der Waals surface area contributed by atoms with Crippen LogP contribution in [0.1, 0.15) is 33.3 Å². The second-order valence-corrected chi connectivity index (χ2v) is 5.04. The summed E-state index contributed by atoms with van der Waals surface area (Å²) < 4.78 is 0. The van der Waals surface area contributed by atoms with Gasteiger partial charge in [0.15, 0.2) is 0 Å². The van der Waals surface area contributed by atoms with Crippen LogP contribution in [0.4, 0.5) is 5.69 Å². The smallest absolute Gasteiger partial charge is 0.0992 e. The average Bonchev–Trinajstić information content (AvgIpc) is 2.34. The normalized spacial score (nSPS) is 11.0. The first-order valence-corrected chi connectivity index (χ1v) is 6.54. The molecule has 1 N–H and O–H groups in total. The van der Waals surface area contributed by atoms with Gasteiger partial charge in [-0.25, -0.2) is 0 Å². The van der Waals surface area contributed by atoms with Crippen LogP contribution in [0.15, 0.2) is 24.3 Å². The molecule has 0 amide bonds. The monoisotopic (exact) mass is 245 g/mol. The summed E-state index contributed by atoms with van der Waals surface area (Å²) in [4.78, 5) is 2.45. The van der Waals surface area contributed by atoms with Crippen molar-refractivity contribution in [1.29, 1.82) is 5.26 Å². The summed E-state index contributed by atoms with van der Waals surface area (Å²) in [6.07, 6.45) is 0. The summed E-state index contributed by atoms with van der Waals surface area (Å²) in [7, 11) is 0. The summed E-state index contributed by atoms with van der Waals surface area (Å²) >= 11 is 0. The second-order valence-electron chi connectivity index (χ2n) is 5.04. The summed E-state index contributed by atoms with van der Waals surface area (Å²) in [6.45, 7) is 10.8. The van der Waals surface area contributed by atoms with Gasteiger partial charge in [-0.3, -0.25) is 4.90 Å². The third-order valence-corrected chi connectivity index (χ3v) is 3.02. The second kappa shape index (κ2) is 7.03. The molecule has 0 atom stereocenters. The standard InChI is InChI=1S/C15H23N3/c1-12(2)18(13(3)4)9-8-17-15-7-5-6-14(10-15)11-16/h5-7,10,12-13,17H,8-9H2,1-4H3. The molecule has 0 bridgehead atoms.